The van der Waals surface area contributed by atoms with Crippen molar-refractivity contribution in [2.75, 3.05) is 0 Å². The number of para-hydroxylation sites is 1. The SMILES string of the molecule is OC(Cc1cc(C(F)(F)F)nc2c(C(F)(F)F)cccc12)c1occ2ccccc12. The summed E-state index contributed by atoms with van der Waals surface area (Å²) in [6.07, 6.45) is -10.2. The molecule has 1 N–H and O–H groups in total. The summed E-state index contributed by atoms with van der Waals surface area (Å²) < 4.78 is 85.4. The van der Waals surface area contributed by atoms with E-state index in [1.807, 2.05) is 0 Å². The van der Waals surface area contributed by atoms with Crippen LogP contribution in [0.3, 0.4) is 0 Å². The van der Waals surface area contributed by atoms with Crippen molar-refractivity contribution in [2.24, 2.45) is 0 Å². The van der Waals surface area contributed by atoms with E-state index in [0.717, 1.165) is 6.07 Å². The molecular formula is C21H13F6NO2. The molecule has 156 valence electrons. The minimum atomic E-state index is -4.95. The van der Waals surface area contributed by atoms with Crippen molar-refractivity contribution in [1.29, 1.82) is 0 Å². The fourth-order valence-corrected chi connectivity index (χ4v) is 3.44. The average molecular weight is 425 g/mol. The third-order valence-electron chi connectivity index (χ3n) is 4.78. The highest BCUT2D eigenvalue weighted by Gasteiger charge is 2.37. The number of benzene rings is 2. The Morgan fingerprint density at radius 1 is 0.900 bits per heavy atom. The molecule has 30 heavy (non-hydrogen) atoms. The van der Waals surface area contributed by atoms with Crippen LogP contribution in [0, 0.1) is 0 Å². The molecule has 0 aliphatic heterocycles. The number of furan rings is 1. The second kappa shape index (κ2) is 7.02. The van der Waals surface area contributed by atoms with Gasteiger partial charge < -0.3 is 9.52 Å². The molecule has 4 rings (SSSR count). The first-order chi connectivity index (χ1) is 14.1. The first-order valence-electron chi connectivity index (χ1n) is 8.77. The molecule has 1 atom stereocenters. The van der Waals surface area contributed by atoms with Gasteiger partial charge in [-0.1, -0.05) is 36.4 Å². The molecule has 0 saturated carbocycles. The number of alkyl halides is 6. The number of aromatic nitrogens is 1. The smallest absolute Gasteiger partial charge is 0.433 e. The van der Waals surface area contributed by atoms with Crippen LogP contribution < -0.4 is 0 Å². The lowest BCUT2D eigenvalue weighted by atomic mass is 9.97. The number of aliphatic hydroxyl groups excluding tert-OH is 1. The van der Waals surface area contributed by atoms with E-state index in [0.29, 0.717) is 22.9 Å². The lowest BCUT2D eigenvalue weighted by molar-refractivity contribution is -0.142. The van der Waals surface area contributed by atoms with Gasteiger partial charge in [0.1, 0.15) is 17.6 Å². The second-order valence-corrected chi connectivity index (χ2v) is 6.77. The van der Waals surface area contributed by atoms with Crippen LogP contribution in [0.5, 0.6) is 0 Å². The minimum Gasteiger partial charge on any atom is -0.465 e. The van der Waals surface area contributed by atoms with E-state index in [-0.39, 0.29) is 23.1 Å². The third-order valence-corrected chi connectivity index (χ3v) is 4.78. The van der Waals surface area contributed by atoms with Crippen LogP contribution in [0.25, 0.3) is 21.7 Å². The highest BCUT2D eigenvalue weighted by atomic mass is 19.4. The molecule has 0 saturated heterocycles. The van der Waals surface area contributed by atoms with E-state index in [9.17, 15) is 31.4 Å². The Balaban J connectivity index is 1.87. The number of hydrogen-bond acceptors (Lipinski definition) is 3. The molecule has 3 nitrogen and oxygen atoms in total. The maximum atomic E-state index is 13.4. The van der Waals surface area contributed by atoms with Crippen LogP contribution in [0.4, 0.5) is 26.3 Å². The van der Waals surface area contributed by atoms with Crippen LogP contribution >= 0.6 is 0 Å². The maximum Gasteiger partial charge on any atom is 0.433 e. The van der Waals surface area contributed by atoms with Gasteiger partial charge in [-0.2, -0.15) is 26.3 Å². The Morgan fingerprint density at radius 3 is 2.30 bits per heavy atom. The summed E-state index contributed by atoms with van der Waals surface area (Å²) in [5, 5.41) is 11.8. The number of nitrogens with zero attached hydrogens (tertiary/aromatic N) is 1. The van der Waals surface area contributed by atoms with Crippen molar-refractivity contribution in [3.05, 3.63) is 77.4 Å². The zero-order chi connectivity index (χ0) is 21.7. The molecule has 0 radical (unpaired) electrons. The Kier molecular flexibility index (Phi) is 4.73. The monoisotopic (exact) mass is 425 g/mol. The summed E-state index contributed by atoms with van der Waals surface area (Å²) in [7, 11) is 0. The number of hydrogen-bond donors (Lipinski definition) is 1. The van der Waals surface area contributed by atoms with E-state index in [1.54, 1.807) is 24.3 Å². The van der Waals surface area contributed by atoms with Gasteiger partial charge in [0.05, 0.1) is 17.3 Å². The summed E-state index contributed by atoms with van der Waals surface area (Å²) in [6.45, 7) is 0. The largest absolute Gasteiger partial charge is 0.465 e. The predicted octanol–water partition coefficient (Wildman–Crippen LogP) is 6.29. The lowest BCUT2D eigenvalue weighted by Crippen LogP contribution is -2.13. The average Bonchev–Trinajstić information content (AvgIpc) is 3.10. The molecule has 2 aromatic heterocycles. The van der Waals surface area contributed by atoms with Gasteiger partial charge in [0.2, 0.25) is 0 Å². The van der Waals surface area contributed by atoms with Gasteiger partial charge in [-0.3, -0.25) is 0 Å². The van der Waals surface area contributed by atoms with Crippen LogP contribution in [-0.2, 0) is 18.8 Å². The van der Waals surface area contributed by atoms with Crippen molar-refractivity contribution in [2.45, 2.75) is 24.9 Å². The zero-order valence-corrected chi connectivity index (χ0v) is 15.1. The van der Waals surface area contributed by atoms with E-state index in [2.05, 4.69) is 4.98 Å². The van der Waals surface area contributed by atoms with Crippen molar-refractivity contribution < 1.29 is 35.9 Å². The van der Waals surface area contributed by atoms with E-state index < -0.39 is 35.2 Å². The summed E-state index contributed by atoms with van der Waals surface area (Å²) in [6, 6.07) is 10.5. The Labute approximate surface area is 165 Å². The molecule has 0 aliphatic carbocycles. The number of halogens is 6. The van der Waals surface area contributed by atoms with Crippen LogP contribution in [0.1, 0.15) is 28.7 Å². The Hall–Kier alpha value is -3.07. The van der Waals surface area contributed by atoms with Crippen LogP contribution in [-0.4, -0.2) is 10.1 Å². The predicted molar refractivity (Wildman–Crippen MR) is 96.6 cm³/mol. The van der Waals surface area contributed by atoms with Gasteiger partial charge in [-0.15, -0.1) is 0 Å². The first-order valence-corrected chi connectivity index (χ1v) is 8.77. The van der Waals surface area contributed by atoms with Crippen LogP contribution in [0.15, 0.2) is 59.2 Å². The standard InChI is InChI=1S/C21H13F6NO2/c22-20(23,24)15-7-3-6-13-12(9-17(21(25,26)27)28-18(13)15)8-16(29)19-14-5-2-1-4-11(14)10-30-19/h1-7,9-10,16,29H,8H2. The molecular weight excluding hydrogens is 412 g/mol. The normalized spacial score (nSPS) is 13.8. The Bertz CT molecular complexity index is 1230. The lowest BCUT2D eigenvalue weighted by Gasteiger charge is -2.17. The second-order valence-electron chi connectivity index (χ2n) is 6.77. The molecule has 2 heterocycles. The number of pyridine rings is 1. The van der Waals surface area contributed by atoms with Crippen molar-refractivity contribution in [3.8, 4) is 0 Å². The van der Waals surface area contributed by atoms with Gasteiger partial charge >= 0.3 is 12.4 Å². The third kappa shape index (κ3) is 3.60. The highest BCUT2D eigenvalue weighted by Crippen LogP contribution is 2.39. The minimum absolute atomic E-state index is 0.118. The fraction of sp³-hybridized carbons (Fsp3) is 0.190. The number of rotatable bonds is 3. The fourth-order valence-electron chi connectivity index (χ4n) is 3.44. The van der Waals surface area contributed by atoms with E-state index >= 15 is 0 Å². The molecule has 0 bridgehead atoms. The molecule has 0 spiro atoms. The molecule has 9 heteroatoms. The van der Waals surface area contributed by atoms with Crippen molar-refractivity contribution >= 4 is 21.7 Å². The summed E-state index contributed by atoms with van der Waals surface area (Å²) in [5.41, 5.74) is -3.67. The highest BCUT2D eigenvalue weighted by molar-refractivity contribution is 5.87. The van der Waals surface area contributed by atoms with Crippen molar-refractivity contribution in [3.63, 3.8) is 0 Å². The molecule has 0 amide bonds. The molecule has 2 aromatic carbocycles. The van der Waals surface area contributed by atoms with Crippen molar-refractivity contribution in [1.82, 2.24) is 4.98 Å². The summed E-state index contributed by atoms with van der Waals surface area (Å²) >= 11 is 0. The van der Waals surface area contributed by atoms with Gasteiger partial charge in [0, 0.05) is 22.6 Å². The van der Waals surface area contributed by atoms with Crippen LogP contribution in [0.2, 0.25) is 0 Å². The summed E-state index contributed by atoms with van der Waals surface area (Å²) in [4.78, 5) is 3.24. The molecule has 1 unspecified atom stereocenters. The zero-order valence-electron chi connectivity index (χ0n) is 15.1. The van der Waals surface area contributed by atoms with E-state index in [1.165, 1.54) is 12.3 Å². The quantitative estimate of drug-likeness (QED) is 0.392. The number of aliphatic hydroxyl groups is 1. The topological polar surface area (TPSA) is 46.3 Å². The molecule has 0 fully saturated rings. The van der Waals surface area contributed by atoms with Gasteiger partial charge in [-0.25, -0.2) is 4.98 Å². The van der Waals surface area contributed by atoms with E-state index in [4.69, 9.17) is 4.42 Å². The number of fused-ring (bicyclic) bond motifs is 2. The maximum absolute atomic E-state index is 13.4. The first kappa shape index (κ1) is 20.2. The Morgan fingerprint density at radius 2 is 1.60 bits per heavy atom. The molecule has 0 aliphatic rings. The van der Waals surface area contributed by atoms with Gasteiger partial charge in [0.25, 0.3) is 0 Å². The van der Waals surface area contributed by atoms with Gasteiger partial charge in [-0.05, 0) is 17.7 Å². The molecule has 4 aromatic rings. The summed E-state index contributed by atoms with van der Waals surface area (Å²) in [5.74, 6) is 0.121. The van der Waals surface area contributed by atoms with Gasteiger partial charge in [0.15, 0.2) is 0 Å².